The highest BCUT2D eigenvalue weighted by molar-refractivity contribution is 5.92. The van der Waals surface area contributed by atoms with Gasteiger partial charge in [0.25, 0.3) is 0 Å². The molecule has 1 unspecified atom stereocenters. The Labute approximate surface area is 153 Å². The summed E-state index contributed by atoms with van der Waals surface area (Å²) in [4.78, 5) is 19.7. The average molecular weight is 348 g/mol. The second-order valence-electron chi connectivity index (χ2n) is 7.08. The lowest BCUT2D eigenvalue weighted by atomic mass is 10.1. The summed E-state index contributed by atoms with van der Waals surface area (Å²) in [5.74, 6) is 0.933. The fourth-order valence-electron chi connectivity index (χ4n) is 2.97. The van der Waals surface area contributed by atoms with Crippen molar-refractivity contribution in [1.82, 2.24) is 15.3 Å². The molecule has 0 aliphatic rings. The van der Waals surface area contributed by atoms with Gasteiger partial charge in [-0.15, -0.1) is 0 Å². The number of H-pyrrole nitrogens is 1. The first-order valence-corrected chi connectivity index (χ1v) is 10.1. The van der Waals surface area contributed by atoms with Crippen molar-refractivity contribution in [2.75, 3.05) is 0 Å². The molecule has 0 aliphatic carbocycles. The van der Waals surface area contributed by atoms with E-state index < -0.39 is 0 Å². The summed E-state index contributed by atoms with van der Waals surface area (Å²) in [6.07, 6.45) is 15.7. The van der Waals surface area contributed by atoms with Gasteiger partial charge in [-0.2, -0.15) is 0 Å². The van der Waals surface area contributed by atoms with Crippen LogP contribution in [-0.2, 0) is 11.2 Å². The first-order chi connectivity index (χ1) is 12.1. The van der Waals surface area contributed by atoms with Gasteiger partial charge in [0.2, 0.25) is 5.91 Å². The van der Waals surface area contributed by atoms with Gasteiger partial charge in [0.15, 0.2) is 0 Å². The second-order valence-corrected chi connectivity index (χ2v) is 7.08. The fourth-order valence-corrected chi connectivity index (χ4v) is 2.97. The van der Waals surface area contributed by atoms with E-state index in [1.54, 1.807) is 6.92 Å². The Hall–Kier alpha value is -1.58. The van der Waals surface area contributed by atoms with Crippen molar-refractivity contribution in [3.05, 3.63) is 29.9 Å². The molecule has 0 fully saturated rings. The number of hydrogen-bond donors (Lipinski definition) is 2. The third kappa shape index (κ3) is 8.89. The van der Waals surface area contributed by atoms with Crippen LogP contribution in [0.15, 0.2) is 18.3 Å². The van der Waals surface area contributed by atoms with E-state index in [0.29, 0.717) is 5.57 Å². The predicted molar refractivity (Wildman–Crippen MR) is 106 cm³/mol. The molecule has 0 spiro atoms. The fraction of sp³-hybridized carbons (Fsp3) is 0.714. The highest BCUT2D eigenvalue weighted by Crippen LogP contribution is 2.16. The Morgan fingerprint density at radius 3 is 2.28 bits per heavy atom. The van der Waals surface area contributed by atoms with E-state index >= 15 is 0 Å². The number of aromatic amines is 1. The topological polar surface area (TPSA) is 57.8 Å². The summed E-state index contributed by atoms with van der Waals surface area (Å²) < 4.78 is 0. The molecule has 0 radical (unpaired) electrons. The molecule has 1 amide bonds. The maximum atomic E-state index is 11.8. The van der Waals surface area contributed by atoms with Crippen LogP contribution in [0.25, 0.3) is 0 Å². The van der Waals surface area contributed by atoms with Gasteiger partial charge in [-0.05, 0) is 19.8 Å². The van der Waals surface area contributed by atoms with E-state index in [2.05, 4.69) is 35.7 Å². The number of rotatable bonds is 14. The van der Waals surface area contributed by atoms with Crippen molar-refractivity contribution in [3.8, 4) is 0 Å². The molecule has 1 aromatic heterocycles. The summed E-state index contributed by atoms with van der Waals surface area (Å²) >= 11 is 0. The minimum absolute atomic E-state index is 0.0198. The Morgan fingerprint density at radius 1 is 1.12 bits per heavy atom. The number of imidazole rings is 1. The third-order valence-corrected chi connectivity index (χ3v) is 4.64. The summed E-state index contributed by atoms with van der Waals surface area (Å²) in [6, 6.07) is -0.0198. The van der Waals surface area contributed by atoms with Crippen molar-refractivity contribution in [2.45, 2.75) is 97.4 Å². The predicted octanol–water partition coefficient (Wildman–Crippen LogP) is 5.63. The standard InChI is InChI=1S/C21H37N3O/c1-5-7-8-9-10-11-12-13-14-15-20-22-16-19(23-20)18(6-2)24-21(25)17(3)4/h16,18H,3,5-15H2,1-2,4H3,(H,22,23)(H,24,25). The number of aryl methyl sites for hydroxylation is 1. The van der Waals surface area contributed by atoms with Crippen LogP contribution in [-0.4, -0.2) is 15.9 Å². The molecule has 0 aliphatic heterocycles. The Morgan fingerprint density at radius 2 is 1.72 bits per heavy atom. The summed E-state index contributed by atoms with van der Waals surface area (Å²) in [6.45, 7) is 9.74. The van der Waals surface area contributed by atoms with Gasteiger partial charge < -0.3 is 10.3 Å². The molecule has 2 N–H and O–H groups in total. The molecule has 0 aromatic carbocycles. The average Bonchev–Trinajstić information content (AvgIpc) is 3.06. The highest BCUT2D eigenvalue weighted by atomic mass is 16.1. The highest BCUT2D eigenvalue weighted by Gasteiger charge is 2.15. The van der Waals surface area contributed by atoms with Crippen LogP contribution in [0.1, 0.15) is 103 Å². The number of carbonyl (C=O) groups excluding carboxylic acids is 1. The molecule has 4 nitrogen and oxygen atoms in total. The molecule has 1 aromatic rings. The van der Waals surface area contributed by atoms with Gasteiger partial charge in [0.1, 0.15) is 5.82 Å². The number of amides is 1. The van der Waals surface area contributed by atoms with Gasteiger partial charge >= 0.3 is 0 Å². The lowest BCUT2D eigenvalue weighted by Gasteiger charge is -2.15. The van der Waals surface area contributed by atoms with Crippen molar-refractivity contribution < 1.29 is 4.79 Å². The van der Waals surface area contributed by atoms with Gasteiger partial charge in [-0.1, -0.05) is 71.8 Å². The van der Waals surface area contributed by atoms with Crippen LogP contribution in [0.2, 0.25) is 0 Å². The zero-order valence-corrected chi connectivity index (χ0v) is 16.5. The van der Waals surface area contributed by atoms with E-state index in [4.69, 9.17) is 0 Å². The van der Waals surface area contributed by atoms with E-state index in [1.165, 1.54) is 57.8 Å². The van der Waals surface area contributed by atoms with Crippen molar-refractivity contribution in [1.29, 1.82) is 0 Å². The number of carbonyl (C=O) groups is 1. The summed E-state index contributed by atoms with van der Waals surface area (Å²) in [7, 11) is 0. The lowest BCUT2D eigenvalue weighted by molar-refractivity contribution is -0.118. The summed E-state index contributed by atoms with van der Waals surface area (Å²) in [5, 5.41) is 2.99. The van der Waals surface area contributed by atoms with Crippen LogP contribution in [0.5, 0.6) is 0 Å². The van der Waals surface area contributed by atoms with Crippen LogP contribution in [0.3, 0.4) is 0 Å². The van der Waals surface area contributed by atoms with Gasteiger partial charge in [-0.25, -0.2) is 4.98 Å². The molecular weight excluding hydrogens is 310 g/mol. The molecular formula is C21H37N3O. The Balaban J connectivity index is 2.24. The molecule has 0 saturated heterocycles. The van der Waals surface area contributed by atoms with E-state index in [0.717, 1.165) is 24.4 Å². The number of nitrogens with zero attached hydrogens (tertiary/aromatic N) is 1. The first-order valence-electron chi connectivity index (χ1n) is 10.1. The molecule has 142 valence electrons. The largest absolute Gasteiger partial charge is 0.344 e. The Bertz CT molecular complexity index is 507. The van der Waals surface area contributed by atoms with Crippen molar-refractivity contribution in [3.63, 3.8) is 0 Å². The number of aromatic nitrogens is 2. The molecule has 1 heterocycles. The maximum absolute atomic E-state index is 11.8. The van der Waals surface area contributed by atoms with Crippen LogP contribution in [0.4, 0.5) is 0 Å². The van der Waals surface area contributed by atoms with E-state index in [9.17, 15) is 4.79 Å². The van der Waals surface area contributed by atoms with Crippen molar-refractivity contribution in [2.24, 2.45) is 0 Å². The van der Waals surface area contributed by atoms with E-state index in [1.807, 2.05) is 6.20 Å². The summed E-state index contributed by atoms with van der Waals surface area (Å²) in [5.41, 5.74) is 1.52. The second kappa shape index (κ2) is 12.7. The number of unbranched alkanes of at least 4 members (excludes halogenated alkanes) is 8. The number of nitrogens with one attached hydrogen (secondary N) is 2. The third-order valence-electron chi connectivity index (χ3n) is 4.64. The molecule has 0 bridgehead atoms. The zero-order valence-electron chi connectivity index (χ0n) is 16.5. The van der Waals surface area contributed by atoms with Crippen LogP contribution >= 0.6 is 0 Å². The van der Waals surface area contributed by atoms with Gasteiger partial charge in [0.05, 0.1) is 17.9 Å². The smallest absolute Gasteiger partial charge is 0.246 e. The minimum Gasteiger partial charge on any atom is -0.344 e. The molecule has 1 rings (SSSR count). The molecule has 0 saturated carbocycles. The van der Waals surface area contributed by atoms with Crippen LogP contribution in [0, 0.1) is 0 Å². The minimum atomic E-state index is -0.0954. The first kappa shape index (κ1) is 21.5. The zero-order chi connectivity index (χ0) is 18.5. The number of hydrogen-bond acceptors (Lipinski definition) is 2. The van der Waals surface area contributed by atoms with Gasteiger partial charge in [-0.3, -0.25) is 4.79 Å². The maximum Gasteiger partial charge on any atom is 0.246 e. The molecule has 4 heteroatoms. The van der Waals surface area contributed by atoms with Gasteiger partial charge in [0, 0.05) is 12.0 Å². The van der Waals surface area contributed by atoms with Crippen molar-refractivity contribution >= 4 is 5.91 Å². The monoisotopic (exact) mass is 347 g/mol. The Kier molecular flexibility index (Phi) is 10.9. The lowest BCUT2D eigenvalue weighted by Crippen LogP contribution is -2.28. The molecule has 25 heavy (non-hydrogen) atoms. The van der Waals surface area contributed by atoms with Crippen LogP contribution < -0.4 is 5.32 Å². The normalized spacial score (nSPS) is 12.1. The quantitative estimate of drug-likeness (QED) is 0.338. The SMILES string of the molecule is C=C(C)C(=O)NC(CC)c1cnc(CCCCCCCCCCC)[nH]1. The molecule has 1 atom stereocenters. The van der Waals surface area contributed by atoms with E-state index in [-0.39, 0.29) is 11.9 Å².